The molecule has 2 aliphatic carbocycles. The van der Waals surface area contributed by atoms with Crippen LogP contribution in [0.25, 0.3) is 11.1 Å². The number of nitrogens with two attached hydrogens (primary N) is 1. The molecule has 53 heavy (non-hydrogen) atoms. The lowest BCUT2D eigenvalue weighted by atomic mass is 9.86. The number of likely N-dealkylation sites (tertiary alicyclic amines) is 2. The van der Waals surface area contributed by atoms with Crippen molar-refractivity contribution in [2.45, 2.75) is 87.6 Å². The van der Waals surface area contributed by atoms with Gasteiger partial charge in [-0.1, -0.05) is 68.5 Å². The molecule has 0 bridgehead atoms. The van der Waals surface area contributed by atoms with Crippen molar-refractivity contribution < 1.29 is 14.3 Å². The van der Waals surface area contributed by atoms with E-state index in [1.165, 1.54) is 22.3 Å². The van der Waals surface area contributed by atoms with Gasteiger partial charge in [-0.25, -0.2) is 14.8 Å². The van der Waals surface area contributed by atoms with Gasteiger partial charge in [-0.2, -0.15) is 0 Å². The summed E-state index contributed by atoms with van der Waals surface area (Å²) in [5.74, 6) is 4.01. The molecule has 3 atom stereocenters. The van der Waals surface area contributed by atoms with E-state index in [0.29, 0.717) is 6.54 Å². The van der Waals surface area contributed by atoms with Crippen LogP contribution in [-0.2, 0) is 16.1 Å². The van der Waals surface area contributed by atoms with Crippen molar-refractivity contribution in [3.63, 3.8) is 0 Å². The first-order valence-corrected chi connectivity index (χ1v) is 21.0. The lowest BCUT2D eigenvalue weighted by molar-refractivity contribution is -0.134. The predicted octanol–water partition coefficient (Wildman–Crippen LogP) is 7.95. The molecule has 278 valence electrons. The van der Waals surface area contributed by atoms with Gasteiger partial charge in [0.15, 0.2) is 0 Å². The van der Waals surface area contributed by atoms with Crippen LogP contribution in [0.2, 0.25) is 0 Å². The molecule has 1 aromatic carbocycles. The van der Waals surface area contributed by atoms with Crippen molar-refractivity contribution in [1.82, 2.24) is 29.7 Å². The van der Waals surface area contributed by atoms with Crippen molar-refractivity contribution in [3.8, 4) is 0 Å². The van der Waals surface area contributed by atoms with Gasteiger partial charge in [-0.15, -0.1) is 23.5 Å². The maximum absolute atomic E-state index is 13.5. The van der Waals surface area contributed by atoms with Crippen LogP contribution in [0.1, 0.15) is 99.5 Å². The molecule has 2 aromatic heterocycles. The number of hydrogen-bond donors (Lipinski definition) is 3. The molecule has 10 nitrogen and oxygen atoms in total. The number of hydrogen-bond acceptors (Lipinski definition) is 8. The summed E-state index contributed by atoms with van der Waals surface area (Å²) in [5.41, 5.74) is 14.5. The first-order valence-electron chi connectivity index (χ1n) is 19.0. The SMILES string of the molecule is CC(C)C(N)C(=O)N1CCCC1c1ncc(C2=CC=C(C3=CC=C(c4cnc(C5CC6(CN5C(=O)OCc5ccccc5)SCCS6)[nH]4)CC3)CC2)[nH]1. The number of thioether (sulfide) groups is 2. The summed E-state index contributed by atoms with van der Waals surface area (Å²) < 4.78 is 5.81. The van der Waals surface area contributed by atoms with E-state index in [1.807, 2.05) is 89.9 Å². The second-order valence-corrected chi connectivity index (χ2v) is 18.3. The van der Waals surface area contributed by atoms with Crippen LogP contribution in [0.3, 0.4) is 0 Å². The number of nitrogens with zero attached hydrogens (tertiary/aromatic N) is 4. The Morgan fingerprint density at radius 3 is 2.04 bits per heavy atom. The second-order valence-electron chi connectivity index (χ2n) is 15.1. The van der Waals surface area contributed by atoms with E-state index in [1.54, 1.807) is 0 Å². The molecule has 1 spiro atoms. The molecular formula is C41H49N7O3S2. The minimum absolute atomic E-state index is 0.00768. The lowest BCUT2D eigenvalue weighted by Gasteiger charge is -2.27. The number of carbonyl (C=O) groups is 2. The number of H-pyrrole nitrogens is 2. The molecule has 5 aliphatic rings. The summed E-state index contributed by atoms with van der Waals surface area (Å²) in [6.07, 6.45) is 19.0. The fraction of sp³-hybridized carbons (Fsp3) is 0.463. The Hall–Kier alpha value is -4.00. The average Bonchev–Trinajstić information content (AvgIpc) is 4.05. The normalized spacial score (nSPS) is 23.2. The van der Waals surface area contributed by atoms with Crippen molar-refractivity contribution >= 4 is 46.7 Å². The molecule has 3 aromatic rings. The first-order chi connectivity index (χ1) is 25.8. The highest BCUT2D eigenvalue weighted by atomic mass is 32.2. The third-order valence-electron chi connectivity index (χ3n) is 11.3. The maximum Gasteiger partial charge on any atom is 0.410 e. The Balaban J connectivity index is 0.926. The number of ether oxygens (including phenoxy) is 1. The minimum Gasteiger partial charge on any atom is -0.445 e. The highest BCUT2D eigenvalue weighted by Gasteiger charge is 2.51. The Morgan fingerprint density at radius 2 is 1.45 bits per heavy atom. The Morgan fingerprint density at radius 1 is 0.868 bits per heavy atom. The van der Waals surface area contributed by atoms with E-state index >= 15 is 0 Å². The molecule has 3 saturated heterocycles. The van der Waals surface area contributed by atoms with Crippen LogP contribution < -0.4 is 5.73 Å². The number of aromatic nitrogens is 4. The molecule has 8 rings (SSSR count). The van der Waals surface area contributed by atoms with E-state index in [4.69, 9.17) is 20.4 Å². The van der Waals surface area contributed by atoms with Crippen molar-refractivity contribution in [3.05, 3.63) is 107 Å². The van der Waals surface area contributed by atoms with Gasteiger partial charge in [0, 0.05) is 31.0 Å². The zero-order valence-corrected chi connectivity index (χ0v) is 32.2. The third kappa shape index (κ3) is 7.55. The maximum atomic E-state index is 13.5. The summed E-state index contributed by atoms with van der Waals surface area (Å²) in [6, 6.07) is 9.16. The minimum atomic E-state index is -0.486. The molecule has 0 saturated carbocycles. The topological polar surface area (TPSA) is 133 Å². The standard InChI is InChI=1S/C41H49N7O3S2/c1-26(2)36(42)39(49)47-18-6-9-34(47)37-43-22-32(45-37)30-14-10-28(11-15-30)29-12-16-31(17-13-29)33-23-44-38(46-33)35-21-41(52-19-20-53-41)25-48(35)40(50)51-24-27-7-4-3-5-8-27/h3-5,7-8,10,12,14,16,22-23,26,34-36H,6,9,11,13,15,17-21,24-25,42H2,1-2H3,(H,43,45)(H,44,46). The molecule has 12 heteroatoms. The Labute approximate surface area is 320 Å². The number of amides is 2. The van der Waals surface area contributed by atoms with E-state index < -0.39 is 6.04 Å². The van der Waals surface area contributed by atoms with Crippen LogP contribution in [0, 0.1) is 5.92 Å². The van der Waals surface area contributed by atoms with Gasteiger partial charge in [0.05, 0.1) is 46.0 Å². The van der Waals surface area contributed by atoms with Gasteiger partial charge in [-0.3, -0.25) is 9.69 Å². The fourth-order valence-electron chi connectivity index (χ4n) is 8.17. The largest absolute Gasteiger partial charge is 0.445 e. The van der Waals surface area contributed by atoms with E-state index in [9.17, 15) is 9.59 Å². The molecule has 2 amide bonds. The highest BCUT2D eigenvalue weighted by Crippen LogP contribution is 2.55. The number of nitrogens with one attached hydrogen (secondary N) is 2. The average molecular weight is 752 g/mol. The summed E-state index contributed by atoms with van der Waals surface area (Å²) in [4.78, 5) is 47.1. The molecule has 3 unspecified atom stereocenters. The van der Waals surface area contributed by atoms with Crippen LogP contribution in [0.15, 0.2) is 78.2 Å². The van der Waals surface area contributed by atoms with Crippen LogP contribution in [0.5, 0.6) is 0 Å². The quantitative estimate of drug-likeness (QED) is 0.201. The molecular weight excluding hydrogens is 703 g/mol. The third-order valence-corrected chi connectivity index (χ3v) is 14.7. The van der Waals surface area contributed by atoms with Gasteiger partial charge in [0.1, 0.15) is 18.3 Å². The number of benzene rings is 1. The van der Waals surface area contributed by atoms with Gasteiger partial charge >= 0.3 is 6.09 Å². The van der Waals surface area contributed by atoms with Crippen molar-refractivity contribution in [1.29, 1.82) is 0 Å². The van der Waals surface area contributed by atoms with Crippen LogP contribution in [0.4, 0.5) is 4.79 Å². The number of allylic oxidation sites excluding steroid dienone is 8. The van der Waals surface area contributed by atoms with Gasteiger partial charge in [0.25, 0.3) is 0 Å². The number of aromatic amines is 2. The van der Waals surface area contributed by atoms with Gasteiger partial charge in [0.2, 0.25) is 5.91 Å². The van der Waals surface area contributed by atoms with E-state index in [-0.39, 0.29) is 40.7 Å². The fourth-order valence-corrected chi connectivity index (χ4v) is 11.4. The summed E-state index contributed by atoms with van der Waals surface area (Å²) in [6.45, 7) is 5.63. The second kappa shape index (κ2) is 15.4. The smallest absolute Gasteiger partial charge is 0.410 e. The Bertz CT molecular complexity index is 1960. The van der Waals surface area contributed by atoms with E-state index in [0.717, 1.165) is 91.6 Å². The summed E-state index contributed by atoms with van der Waals surface area (Å²) in [7, 11) is 0. The van der Waals surface area contributed by atoms with Crippen molar-refractivity contribution in [2.24, 2.45) is 11.7 Å². The molecule has 5 heterocycles. The number of carbonyl (C=O) groups excluding carboxylic acids is 2. The molecule has 3 fully saturated rings. The number of imidazole rings is 2. The zero-order chi connectivity index (χ0) is 36.5. The van der Waals surface area contributed by atoms with Gasteiger partial charge < -0.3 is 25.3 Å². The van der Waals surface area contributed by atoms with Gasteiger partial charge in [-0.05, 0) is 72.3 Å². The number of rotatable bonds is 9. The highest BCUT2D eigenvalue weighted by molar-refractivity contribution is 8.21. The predicted molar refractivity (Wildman–Crippen MR) is 213 cm³/mol. The molecule has 3 aliphatic heterocycles. The first kappa shape index (κ1) is 36.0. The summed E-state index contributed by atoms with van der Waals surface area (Å²) in [5, 5.41) is 0. The van der Waals surface area contributed by atoms with Crippen LogP contribution in [-0.4, -0.2) is 76.5 Å². The lowest BCUT2D eigenvalue weighted by Crippen LogP contribution is -2.46. The van der Waals surface area contributed by atoms with Crippen LogP contribution >= 0.6 is 23.5 Å². The molecule has 0 radical (unpaired) electrons. The zero-order valence-electron chi connectivity index (χ0n) is 30.6. The summed E-state index contributed by atoms with van der Waals surface area (Å²) >= 11 is 3.93. The van der Waals surface area contributed by atoms with Crippen molar-refractivity contribution in [2.75, 3.05) is 24.6 Å². The van der Waals surface area contributed by atoms with E-state index in [2.05, 4.69) is 34.3 Å². The molecule has 4 N–H and O–H groups in total. The monoisotopic (exact) mass is 751 g/mol. The Kier molecular flexibility index (Phi) is 10.5.